The number of nitrogens with one attached hydrogen (secondary N) is 1. The molecule has 0 atom stereocenters. The molecule has 0 unspecified atom stereocenters. The first-order valence-corrected chi connectivity index (χ1v) is 8.90. The van der Waals surface area contributed by atoms with Gasteiger partial charge in [0.05, 0.1) is 16.9 Å². The van der Waals surface area contributed by atoms with Gasteiger partial charge < -0.3 is 9.73 Å². The summed E-state index contributed by atoms with van der Waals surface area (Å²) in [5, 5.41) is 5.58. The Bertz CT molecular complexity index is 550. The Morgan fingerprint density at radius 1 is 1.29 bits per heavy atom. The van der Waals surface area contributed by atoms with Crippen LogP contribution in [0.25, 0.3) is 0 Å². The summed E-state index contributed by atoms with van der Waals surface area (Å²) in [5.74, 6) is 2.70. The quantitative estimate of drug-likeness (QED) is 0.742. The van der Waals surface area contributed by atoms with Crippen molar-refractivity contribution in [3.63, 3.8) is 0 Å². The molecule has 3 nitrogen and oxygen atoms in total. The molecule has 0 spiro atoms. The van der Waals surface area contributed by atoms with Gasteiger partial charge in [0.1, 0.15) is 11.5 Å². The fraction of sp³-hybridized carbons (Fsp3) is 0.500. The minimum absolute atomic E-state index is 0.663. The van der Waals surface area contributed by atoms with Crippen LogP contribution in [-0.4, -0.2) is 18.5 Å². The lowest BCUT2D eigenvalue weighted by Crippen LogP contribution is -2.18. The van der Waals surface area contributed by atoms with Crippen LogP contribution in [0.5, 0.6) is 0 Å². The van der Waals surface area contributed by atoms with Gasteiger partial charge in [-0.1, -0.05) is 13.8 Å². The van der Waals surface area contributed by atoms with Gasteiger partial charge in [0.15, 0.2) is 0 Å². The first-order chi connectivity index (χ1) is 10.0. The van der Waals surface area contributed by atoms with Crippen molar-refractivity contribution >= 4 is 27.3 Å². The smallest absolute Gasteiger partial charge is 0.118 e. The molecule has 0 saturated heterocycles. The zero-order chi connectivity index (χ0) is 15.2. The van der Waals surface area contributed by atoms with Crippen molar-refractivity contribution < 1.29 is 4.42 Å². The fourth-order valence-corrected chi connectivity index (χ4v) is 3.35. The number of hydrogen-bond acceptors (Lipinski definition) is 4. The third-order valence-electron chi connectivity index (χ3n) is 3.07. The monoisotopic (exact) mass is 370 g/mol. The number of thiophene rings is 1. The average Bonchev–Trinajstić information content (AvgIpc) is 2.98. The Hall–Kier alpha value is -0.620. The van der Waals surface area contributed by atoms with Crippen molar-refractivity contribution in [3.8, 4) is 0 Å². The molecule has 2 aromatic rings. The van der Waals surface area contributed by atoms with E-state index in [-0.39, 0.29) is 0 Å². The molecular formula is C16H23BrN2OS. The van der Waals surface area contributed by atoms with E-state index in [1.165, 1.54) is 9.35 Å². The van der Waals surface area contributed by atoms with Crippen LogP contribution in [-0.2, 0) is 19.6 Å². The number of nitrogens with zero attached hydrogens (tertiary/aromatic N) is 1. The molecule has 0 bridgehead atoms. The maximum Gasteiger partial charge on any atom is 0.118 e. The zero-order valence-electron chi connectivity index (χ0n) is 12.9. The Morgan fingerprint density at radius 3 is 2.71 bits per heavy atom. The third-order valence-corrected chi connectivity index (χ3v) is 4.62. The van der Waals surface area contributed by atoms with E-state index in [2.05, 4.69) is 70.6 Å². The molecule has 0 amide bonds. The van der Waals surface area contributed by atoms with Gasteiger partial charge in [0, 0.05) is 6.54 Å². The van der Waals surface area contributed by atoms with Gasteiger partial charge in [-0.3, -0.25) is 4.90 Å². The van der Waals surface area contributed by atoms with E-state index in [0.717, 1.165) is 37.7 Å². The summed E-state index contributed by atoms with van der Waals surface area (Å²) in [6, 6.07) is 6.31. The summed E-state index contributed by atoms with van der Waals surface area (Å²) < 4.78 is 7.05. The predicted octanol–water partition coefficient (Wildman–Crippen LogP) is 4.48. The van der Waals surface area contributed by atoms with Crippen LogP contribution < -0.4 is 5.32 Å². The summed E-state index contributed by atoms with van der Waals surface area (Å²) >= 11 is 5.23. The Balaban J connectivity index is 1.78. The van der Waals surface area contributed by atoms with Crippen molar-refractivity contribution in [2.45, 2.75) is 33.5 Å². The van der Waals surface area contributed by atoms with Crippen molar-refractivity contribution in [2.75, 3.05) is 13.6 Å². The maximum absolute atomic E-state index is 5.87. The Kier molecular flexibility index (Phi) is 6.48. The van der Waals surface area contributed by atoms with Gasteiger partial charge in [0.25, 0.3) is 0 Å². The van der Waals surface area contributed by atoms with E-state index in [1.54, 1.807) is 11.3 Å². The molecule has 2 aromatic heterocycles. The van der Waals surface area contributed by atoms with Crippen molar-refractivity contribution in [1.29, 1.82) is 0 Å². The highest BCUT2D eigenvalue weighted by Crippen LogP contribution is 2.22. The number of furan rings is 1. The molecule has 0 saturated carbocycles. The second-order valence-electron chi connectivity index (χ2n) is 5.82. The molecule has 0 aromatic carbocycles. The van der Waals surface area contributed by atoms with Gasteiger partial charge in [-0.2, -0.15) is 0 Å². The van der Waals surface area contributed by atoms with Crippen LogP contribution >= 0.6 is 27.3 Å². The van der Waals surface area contributed by atoms with Crippen molar-refractivity contribution in [2.24, 2.45) is 5.92 Å². The lowest BCUT2D eigenvalue weighted by atomic mass is 10.2. The molecule has 0 aliphatic carbocycles. The number of hydrogen-bond donors (Lipinski definition) is 1. The molecule has 5 heteroatoms. The summed E-state index contributed by atoms with van der Waals surface area (Å²) in [7, 11) is 2.12. The lowest BCUT2D eigenvalue weighted by molar-refractivity contribution is 0.282. The molecule has 21 heavy (non-hydrogen) atoms. The zero-order valence-corrected chi connectivity index (χ0v) is 15.3. The molecular weight excluding hydrogens is 348 g/mol. The summed E-state index contributed by atoms with van der Waals surface area (Å²) in [5.41, 5.74) is 1.33. The SMILES string of the molecule is CC(C)CNCc1ccc(CN(C)Cc2csc(Br)c2)o1. The molecule has 116 valence electrons. The first-order valence-electron chi connectivity index (χ1n) is 7.22. The first kappa shape index (κ1) is 16.7. The minimum atomic E-state index is 0.663. The largest absolute Gasteiger partial charge is 0.463 e. The Morgan fingerprint density at radius 2 is 2.05 bits per heavy atom. The van der Waals surface area contributed by atoms with Gasteiger partial charge in [-0.05, 0) is 64.6 Å². The molecule has 1 N–H and O–H groups in total. The van der Waals surface area contributed by atoms with Crippen LogP contribution in [0.1, 0.15) is 30.9 Å². The van der Waals surface area contributed by atoms with Crippen molar-refractivity contribution in [3.05, 3.63) is 44.4 Å². The summed E-state index contributed by atoms with van der Waals surface area (Å²) in [6.07, 6.45) is 0. The fourth-order valence-electron chi connectivity index (χ4n) is 2.15. The highest BCUT2D eigenvalue weighted by Gasteiger charge is 2.07. The average molecular weight is 371 g/mol. The molecule has 0 radical (unpaired) electrons. The van der Waals surface area contributed by atoms with E-state index in [1.807, 2.05) is 0 Å². The third kappa shape index (κ3) is 5.94. The Labute approximate surface area is 139 Å². The molecule has 0 fully saturated rings. The second-order valence-corrected chi connectivity index (χ2v) is 8.11. The van der Waals surface area contributed by atoms with Crippen LogP contribution in [0.2, 0.25) is 0 Å². The van der Waals surface area contributed by atoms with Crippen LogP contribution in [0.4, 0.5) is 0 Å². The predicted molar refractivity (Wildman–Crippen MR) is 92.4 cm³/mol. The van der Waals surface area contributed by atoms with E-state index >= 15 is 0 Å². The van der Waals surface area contributed by atoms with Crippen LogP contribution in [0, 0.1) is 5.92 Å². The summed E-state index contributed by atoms with van der Waals surface area (Å²) in [4.78, 5) is 2.26. The maximum atomic E-state index is 5.87. The lowest BCUT2D eigenvalue weighted by Gasteiger charge is -2.14. The van der Waals surface area contributed by atoms with E-state index in [0.29, 0.717) is 5.92 Å². The molecule has 0 aliphatic rings. The van der Waals surface area contributed by atoms with E-state index in [9.17, 15) is 0 Å². The second kappa shape index (κ2) is 8.13. The van der Waals surface area contributed by atoms with Crippen molar-refractivity contribution in [1.82, 2.24) is 10.2 Å². The highest BCUT2D eigenvalue weighted by molar-refractivity contribution is 9.11. The van der Waals surface area contributed by atoms with Gasteiger partial charge in [-0.25, -0.2) is 0 Å². The molecule has 2 heterocycles. The highest BCUT2D eigenvalue weighted by atomic mass is 79.9. The number of halogens is 1. The molecule has 2 rings (SSSR count). The van der Waals surface area contributed by atoms with E-state index < -0.39 is 0 Å². The van der Waals surface area contributed by atoms with Gasteiger partial charge >= 0.3 is 0 Å². The van der Waals surface area contributed by atoms with E-state index in [4.69, 9.17) is 4.42 Å². The van der Waals surface area contributed by atoms with Gasteiger partial charge in [-0.15, -0.1) is 11.3 Å². The minimum Gasteiger partial charge on any atom is -0.463 e. The standard InChI is InChI=1S/C16H23BrN2OS/c1-12(2)7-18-8-14-4-5-15(20-14)10-19(3)9-13-6-16(17)21-11-13/h4-6,11-12,18H,7-10H2,1-3H3. The normalized spacial score (nSPS) is 11.7. The van der Waals surface area contributed by atoms with Crippen LogP contribution in [0.3, 0.4) is 0 Å². The number of rotatable bonds is 8. The summed E-state index contributed by atoms with van der Waals surface area (Å²) in [6.45, 7) is 8.00. The van der Waals surface area contributed by atoms with Crippen LogP contribution in [0.15, 0.2) is 31.8 Å². The topological polar surface area (TPSA) is 28.4 Å². The van der Waals surface area contributed by atoms with Gasteiger partial charge in [0.2, 0.25) is 0 Å². The molecule has 0 aliphatic heterocycles.